The van der Waals surface area contributed by atoms with Crippen LogP contribution >= 0.6 is 0 Å². The fourth-order valence-electron chi connectivity index (χ4n) is 2.92. The van der Waals surface area contributed by atoms with E-state index in [0.29, 0.717) is 0 Å². The zero-order valence-corrected chi connectivity index (χ0v) is 17.2. The van der Waals surface area contributed by atoms with Gasteiger partial charge >= 0.3 is 12.1 Å². The number of carbonyl (C=O) groups excluding carboxylic acids is 2. The highest BCUT2D eigenvalue weighted by atomic mass is 16.5. The summed E-state index contributed by atoms with van der Waals surface area (Å²) in [5.74, 6) is -0.475. The molecule has 2 N–H and O–H groups in total. The van der Waals surface area contributed by atoms with E-state index in [0.717, 1.165) is 12.3 Å². The van der Waals surface area contributed by atoms with E-state index in [9.17, 15) is 19.2 Å². The van der Waals surface area contributed by atoms with Crippen molar-refractivity contribution in [3.05, 3.63) is 81.1 Å². The van der Waals surface area contributed by atoms with E-state index in [1.807, 2.05) is 0 Å². The monoisotopic (exact) mass is 448 g/mol. The van der Waals surface area contributed by atoms with Crippen LogP contribution in [0.5, 0.6) is 5.75 Å². The molecule has 0 aliphatic rings. The molecule has 3 aromatic heterocycles. The first-order valence-electron chi connectivity index (χ1n) is 9.68. The molecule has 0 fully saturated rings. The summed E-state index contributed by atoms with van der Waals surface area (Å²) < 4.78 is 16.0. The van der Waals surface area contributed by atoms with Crippen LogP contribution in [0.1, 0.15) is 17.3 Å². The van der Waals surface area contributed by atoms with Crippen LogP contribution in [0.3, 0.4) is 0 Å². The first-order chi connectivity index (χ1) is 15.9. The van der Waals surface area contributed by atoms with Crippen LogP contribution in [-0.4, -0.2) is 33.6 Å². The summed E-state index contributed by atoms with van der Waals surface area (Å²) in [7, 11) is 0. The Labute approximate surface area is 185 Å². The van der Waals surface area contributed by atoms with Crippen LogP contribution in [0, 0.1) is 0 Å². The van der Waals surface area contributed by atoms with Crippen LogP contribution in [0.25, 0.3) is 22.6 Å². The van der Waals surface area contributed by atoms with Gasteiger partial charge in [0.25, 0.3) is 5.56 Å². The smallest absolute Gasteiger partial charge is 0.411 e. The summed E-state index contributed by atoms with van der Waals surface area (Å²) in [6, 6.07) is 8.62. The number of ether oxygens (including phenoxy) is 2. The maximum atomic E-state index is 12.5. The maximum Gasteiger partial charge on any atom is 0.411 e. The number of carbonyl (C=O) groups is 2. The summed E-state index contributed by atoms with van der Waals surface area (Å²) in [4.78, 5) is 58.4. The number of hydrogen-bond acceptors (Lipinski definition) is 9. The maximum absolute atomic E-state index is 12.5. The number of rotatable bonds is 5. The van der Waals surface area contributed by atoms with Gasteiger partial charge in [-0.15, -0.1) is 0 Å². The van der Waals surface area contributed by atoms with Gasteiger partial charge in [-0.1, -0.05) is 0 Å². The Morgan fingerprint density at radius 1 is 1.15 bits per heavy atom. The molecule has 4 aromatic rings. The highest BCUT2D eigenvalue weighted by Gasteiger charge is 2.17. The third-order valence-corrected chi connectivity index (χ3v) is 4.35. The van der Waals surface area contributed by atoms with Gasteiger partial charge in [0.15, 0.2) is 5.52 Å². The lowest BCUT2D eigenvalue weighted by atomic mass is 10.1. The summed E-state index contributed by atoms with van der Waals surface area (Å²) in [5.41, 5.74) is -0.591. The molecular formula is C22H16N4O7. The van der Waals surface area contributed by atoms with E-state index in [-0.39, 0.29) is 46.2 Å². The minimum Gasteiger partial charge on any atom is -0.450 e. The van der Waals surface area contributed by atoms with Crippen LogP contribution < -0.4 is 21.0 Å². The lowest BCUT2D eigenvalue weighted by Gasteiger charge is -2.13. The van der Waals surface area contributed by atoms with Crippen molar-refractivity contribution in [1.29, 1.82) is 0 Å². The lowest BCUT2D eigenvalue weighted by molar-refractivity contribution is 0.0734. The fraction of sp³-hybridized carbons (Fsp3) is 0.0909. The Bertz CT molecular complexity index is 1460. The molecule has 0 saturated carbocycles. The molecule has 3 heterocycles. The number of H-pyrrole nitrogens is 1. The topological polar surface area (TPSA) is 153 Å². The van der Waals surface area contributed by atoms with Gasteiger partial charge < -0.3 is 18.9 Å². The first-order valence-corrected chi connectivity index (χ1v) is 9.68. The van der Waals surface area contributed by atoms with Gasteiger partial charge in [-0.25, -0.2) is 14.6 Å². The van der Waals surface area contributed by atoms with Crippen molar-refractivity contribution in [1.82, 2.24) is 15.0 Å². The molecule has 11 nitrogen and oxygen atoms in total. The number of hydrogen-bond donors (Lipinski definition) is 2. The molecule has 0 spiro atoms. The SMILES string of the molecule is CCOC(=O)Nc1cc(OC(=O)c2cccnc2)ccc1-c1cc(=O)c2[nH]c(=O)cnc2o1. The largest absolute Gasteiger partial charge is 0.450 e. The number of aromatic nitrogens is 3. The van der Waals surface area contributed by atoms with Crippen molar-refractivity contribution in [2.45, 2.75) is 6.92 Å². The molecule has 0 atom stereocenters. The molecule has 33 heavy (non-hydrogen) atoms. The Balaban J connectivity index is 1.75. The molecule has 1 aromatic carbocycles. The molecule has 0 aliphatic carbocycles. The van der Waals surface area contributed by atoms with E-state index < -0.39 is 23.1 Å². The number of pyridine rings is 1. The molecule has 0 saturated heterocycles. The fourth-order valence-corrected chi connectivity index (χ4v) is 2.92. The van der Waals surface area contributed by atoms with E-state index in [1.54, 1.807) is 19.1 Å². The van der Waals surface area contributed by atoms with E-state index in [2.05, 4.69) is 20.3 Å². The van der Waals surface area contributed by atoms with Gasteiger partial charge in [0.05, 0.1) is 24.1 Å². The average Bonchev–Trinajstić information content (AvgIpc) is 2.80. The number of nitrogens with one attached hydrogen (secondary N) is 2. The number of fused-ring (bicyclic) bond motifs is 1. The Hall–Kier alpha value is -4.80. The lowest BCUT2D eigenvalue weighted by Crippen LogP contribution is -2.15. The normalized spacial score (nSPS) is 10.6. The molecule has 11 heteroatoms. The summed E-state index contributed by atoms with van der Waals surface area (Å²) in [6.07, 6.45) is 3.10. The highest BCUT2D eigenvalue weighted by Crippen LogP contribution is 2.32. The van der Waals surface area contributed by atoms with Crippen molar-refractivity contribution in [3.8, 4) is 17.1 Å². The third-order valence-electron chi connectivity index (χ3n) is 4.35. The van der Waals surface area contributed by atoms with Gasteiger partial charge in [-0.3, -0.25) is 19.9 Å². The highest BCUT2D eigenvalue weighted by molar-refractivity contribution is 5.93. The van der Waals surface area contributed by atoms with Crippen molar-refractivity contribution >= 4 is 29.0 Å². The zero-order valence-electron chi connectivity index (χ0n) is 17.2. The number of benzene rings is 1. The molecule has 0 aliphatic heterocycles. The van der Waals surface area contributed by atoms with Crippen molar-refractivity contribution in [3.63, 3.8) is 0 Å². The van der Waals surface area contributed by atoms with E-state index >= 15 is 0 Å². The van der Waals surface area contributed by atoms with Crippen molar-refractivity contribution < 1.29 is 23.5 Å². The summed E-state index contributed by atoms with van der Waals surface area (Å²) >= 11 is 0. The van der Waals surface area contributed by atoms with Crippen LogP contribution in [0.2, 0.25) is 0 Å². The number of anilines is 1. The quantitative estimate of drug-likeness (QED) is 0.346. The van der Waals surface area contributed by atoms with Gasteiger partial charge in [0.1, 0.15) is 11.5 Å². The Morgan fingerprint density at radius 3 is 2.76 bits per heavy atom. The minimum atomic E-state index is -0.764. The molecule has 4 rings (SSSR count). The van der Waals surface area contributed by atoms with E-state index in [1.165, 1.54) is 30.6 Å². The second-order valence-electron chi connectivity index (χ2n) is 6.59. The van der Waals surface area contributed by atoms with Gasteiger partial charge in [0, 0.05) is 30.1 Å². The predicted octanol–water partition coefficient (Wildman–Crippen LogP) is 2.73. The summed E-state index contributed by atoms with van der Waals surface area (Å²) in [5, 5.41) is 2.53. The standard InChI is InChI=1S/C22H16N4O7/c1-2-31-22(30)25-15-8-13(32-21(29)12-4-3-7-23-10-12)5-6-14(15)17-9-16(27)19-20(33-17)24-11-18(28)26-19/h3-11H,2H2,1H3,(H,25,30)(H,26,28). The number of amides is 1. The Kier molecular flexibility index (Phi) is 5.94. The minimum absolute atomic E-state index is 0.0592. The molecule has 0 unspecified atom stereocenters. The first kappa shape index (κ1) is 21.4. The second kappa shape index (κ2) is 9.14. The van der Waals surface area contributed by atoms with Gasteiger partial charge in [-0.05, 0) is 31.2 Å². The molecule has 166 valence electrons. The molecular weight excluding hydrogens is 432 g/mol. The molecule has 1 amide bonds. The zero-order chi connectivity index (χ0) is 23.4. The Morgan fingerprint density at radius 2 is 2.00 bits per heavy atom. The van der Waals surface area contributed by atoms with Crippen LogP contribution in [-0.2, 0) is 4.74 Å². The predicted molar refractivity (Wildman–Crippen MR) is 116 cm³/mol. The number of esters is 1. The van der Waals surface area contributed by atoms with Crippen LogP contribution in [0.4, 0.5) is 10.5 Å². The van der Waals surface area contributed by atoms with Crippen molar-refractivity contribution in [2.24, 2.45) is 0 Å². The summed E-state index contributed by atoms with van der Waals surface area (Å²) in [6.45, 7) is 1.76. The average molecular weight is 448 g/mol. The third kappa shape index (κ3) is 4.77. The molecule has 0 radical (unpaired) electrons. The van der Waals surface area contributed by atoms with Crippen molar-refractivity contribution in [2.75, 3.05) is 11.9 Å². The number of aromatic amines is 1. The van der Waals surface area contributed by atoms with Crippen LogP contribution in [0.15, 0.2) is 69.0 Å². The van der Waals surface area contributed by atoms with E-state index in [4.69, 9.17) is 13.9 Å². The van der Waals surface area contributed by atoms with Gasteiger partial charge in [0.2, 0.25) is 11.1 Å². The van der Waals surface area contributed by atoms with Gasteiger partial charge in [-0.2, -0.15) is 0 Å². The molecule has 0 bridgehead atoms. The number of nitrogens with zero attached hydrogens (tertiary/aromatic N) is 2. The second-order valence-corrected chi connectivity index (χ2v) is 6.59.